The number of halogens is 2. The summed E-state index contributed by atoms with van der Waals surface area (Å²) >= 11 is 9.58. The number of anilines is 1. The maximum atomic E-state index is 12.3. The maximum absolute atomic E-state index is 12.3. The third-order valence-corrected chi connectivity index (χ3v) is 4.37. The van der Waals surface area contributed by atoms with Crippen LogP contribution in [-0.4, -0.2) is 11.9 Å². The summed E-state index contributed by atoms with van der Waals surface area (Å²) < 4.78 is 0.984. The van der Waals surface area contributed by atoms with Crippen LogP contribution in [0.3, 0.4) is 0 Å². The van der Waals surface area contributed by atoms with Crippen LogP contribution in [0.25, 0.3) is 0 Å². The molecule has 2 aromatic carbocycles. The highest BCUT2D eigenvalue weighted by Crippen LogP contribution is 2.19. The van der Waals surface area contributed by atoms with Crippen LogP contribution in [0.4, 0.5) is 5.69 Å². The average Bonchev–Trinajstić information content (AvgIpc) is 2.49. The molecule has 0 aliphatic carbocycles. The molecule has 0 heterocycles. The number of hydrogen-bond acceptors (Lipinski definition) is 1. The highest BCUT2D eigenvalue weighted by molar-refractivity contribution is 9.10. The highest BCUT2D eigenvalue weighted by Gasteiger charge is 2.21. The fourth-order valence-corrected chi connectivity index (χ4v) is 2.83. The third-order valence-electron chi connectivity index (χ3n) is 3.50. The summed E-state index contributed by atoms with van der Waals surface area (Å²) in [4.78, 5) is 12.3. The summed E-state index contributed by atoms with van der Waals surface area (Å²) in [5.41, 5.74) is 1.83. The minimum atomic E-state index is -0.213. The van der Waals surface area contributed by atoms with Gasteiger partial charge in [0.2, 0.25) is 0 Å². The van der Waals surface area contributed by atoms with Gasteiger partial charge >= 0.3 is 0 Å². The van der Waals surface area contributed by atoms with Crippen molar-refractivity contribution in [2.45, 2.75) is 25.9 Å². The molecule has 0 aliphatic heterocycles. The van der Waals surface area contributed by atoms with Gasteiger partial charge in [0, 0.05) is 20.7 Å². The van der Waals surface area contributed by atoms with Gasteiger partial charge in [-0.1, -0.05) is 45.7 Å². The number of rotatable bonds is 5. The van der Waals surface area contributed by atoms with E-state index >= 15 is 0 Å². The molecule has 5 heteroatoms. The fraction of sp³-hybridized carbons (Fsp3) is 0.235. The molecule has 2 aromatic rings. The van der Waals surface area contributed by atoms with E-state index in [2.05, 4.69) is 21.2 Å². The van der Waals surface area contributed by atoms with Gasteiger partial charge in [0.15, 0.2) is 6.04 Å². The monoisotopic (exact) mass is 381 g/mol. The third kappa shape index (κ3) is 4.57. The summed E-state index contributed by atoms with van der Waals surface area (Å²) in [6, 6.07) is 15.1. The van der Waals surface area contributed by atoms with E-state index in [1.165, 1.54) is 0 Å². The summed E-state index contributed by atoms with van der Waals surface area (Å²) in [7, 11) is 0. The van der Waals surface area contributed by atoms with Gasteiger partial charge in [-0.2, -0.15) is 0 Å². The topological polar surface area (TPSA) is 45.7 Å². The molecular formula is C17H19BrClN2O+. The number of benzene rings is 2. The van der Waals surface area contributed by atoms with Crippen molar-refractivity contribution in [1.82, 2.24) is 0 Å². The molecule has 0 bridgehead atoms. The van der Waals surface area contributed by atoms with Crippen molar-refractivity contribution in [3.63, 3.8) is 0 Å². The molecule has 0 saturated carbocycles. The van der Waals surface area contributed by atoms with Crippen LogP contribution < -0.4 is 10.6 Å². The SMILES string of the molecule is C[C@H]([NH2+][C@H](C)c1ccccc1Cl)C(=O)Nc1ccc(Br)cc1. The van der Waals surface area contributed by atoms with Crippen LogP contribution in [0.1, 0.15) is 25.5 Å². The Hall–Kier alpha value is -1.36. The predicted octanol–water partition coefficient (Wildman–Crippen LogP) is 3.75. The minimum Gasteiger partial charge on any atom is -0.330 e. The molecule has 3 N–H and O–H groups in total. The van der Waals surface area contributed by atoms with Gasteiger partial charge in [0.25, 0.3) is 5.91 Å². The molecule has 2 rings (SSSR count). The number of carbonyl (C=O) groups excluding carboxylic acids is 1. The fourth-order valence-electron chi connectivity index (χ4n) is 2.26. The largest absolute Gasteiger partial charge is 0.330 e. The lowest BCUT2D eigenvalue weighted by Crippen LogP contribution is -2.91. The molecule has 0 saturated heterocycles. The smallest absolute Gasteiger partial charge is 0.282 e. The lowest BCUT2D eigenvalue weighted by molar-refractivity contribution is -0.709. The highest BCUT2D eigenvalue weighted by atomic mass is 79.9. The molecule has 0 aromatic heterocycles. The Morgan fingerprint density at radius 3 is 2.41 bits per heavy atom. The summed E-state index contributed by atoms with van der Waals surface area (Å²) in [5.74, 6) is -0.0266. The van der Waals surface area contributed by atoms with Crippen molar-refractivity contribution in [1.29, 1.82) is 0 Å². The number of nitrogens with two attached hydrogens (primary N) is 1. The first-order valence-corrected chi connectivity index (χ1v) is 8.30. The minimum absolute atomic E-state index is 0.0266. The number of carbonyl (C=O) groups is 1. The maximum Gasteiger partial charge on any atom is 0.282 e. The van der Waals surface area contributed by atoms with Gasteiger partial charge in [-0.3, -0.25) is 4.79 Å². The Balaban J connectivity index is 1.96. The van der Waals surface area contributed by atoms with Crippen LogP contribution in [0.15, 0.2) is 53.0 Å². The second kappa shape index (κ2) is 7.77. The van der Waals surface area contributed by atoms with Crippen LogP contribution in [-0.2, 0) is 4.79 Å². The quantitative estimate of drug-likeness (QED) is 0.812. The Labute approximate surface area is 144 Å². The van der Waals surface area contributed by atoms with E-state index < -0.39 is 0 Å². The Kier molecular flexibility index (Phi) is 6.00. The molecule has 22 heavy (non-hydrogen) atoms. The summed E-state index contributed by atoms with van der Waals surface area (Å²) in [6.45, 7) is 3.94. The molecule has 0 unspecified atom stereocenters. The standard InChI is InChI=1S/C17H18BrClN2O/c1-11(15-5-3-4-6-16(15)19)20-12(2)17(22)21-14-9-7-13(18)8-10-14/h3-12,20H,1-2H3,(H,21,22)/p+1/t11-,12+/m1/s1. The first-order chi connectivity index (χ1) is 10.5. The van der Waals surface area contributed by atoms with E-state index in [1.54, 1.807) is 0 Å². The molecule has 0 fully saturated rings. The van der Waals surface area contributed by atoms with Crippen molar-refractivity contribution < 1.29 is 10.1 Å². The zero-order valence-electron chi connectivity index (χ0n) is 12.5. The Morgan fingerprint density at radius 1 is 1.14 bits per heavy atom. The lowest BCUT2D eigenvalue weighted by atomic mass is 10.1. The van der Waals surface area contributed by atoms with Crippen molar-refractivity contribution in [2.75, 3.05) is 5.32 Å². The van der Waals surface area contributed by atoms with Crippen LogP contribution in [0.2, 0.25) is 5.02 Å². The lowest BCUT2D eigenvalue weighted by Gasteiger charge is -2.17. The van der Waals surface area contributed by atoms with Gasteiger partial charge < -0.3 is 10.6 Å². The first-order valence-electron chi connectivity index (χ1n) is 7.13. The van der Waals surface area contributed by atoms with Gasteiger partial charge in [0.05, 0.1) is 0 Å². The van der Waals surface area contributed by atoms with E-state index in [4.69, 9.17) is 11.6 Å². The zero-order chi connectivity index (χ0) is 16.1. The van der Waals surface area contributed by atoms with Crippen molar-refractivity contribution in [3.05, 3.63) is 63.6 Å². The summed E-state index contributed by atoms with van der Waals surface area (Å²) in [5, 5.41) is 5.65. The van der Waals surface area contributed by atoms with Crippen LogP contribution >= 0.6 is 27.5 Å². The molecule has 0 spiro atoms. The zero-order valence-corrected chi connectivity index (χ0v) is 14.9. The molecule has 116 valence electrons. The van der Waals surface area contributed by atoms with Gasteiger partial charge in [-0.15, -0.1) is 0 Å². The normalized spacial score (nSPS) is 13.5. The van der Waals surface area contributed by atoms with E-state index in [1.807, 2.05) is 67.7 Å². The van der Waals surface area contributed by atoms with Gasteiger partial charge in [-0.05, 0) is 44.2 Å². The van der Waals surface area contributed by atoms with Gasteiger partial charge in [0.1, 0.15) is 6.04 Å². The van der Waals surface area contributed by atoms with E-state index in [-0.39, 0.29) is 18.0 Å². The Bertz CT molecular complexity index is 645. The van der Waals surface area contributed by atoms with Crippen molar-refractivity contribution >= 4 is 39.1 Å². The second-order valence-electron chi connectivity index (χ2n) is 5.29. The number of quaternary nitrogens is 1. The second-order valence-corrected chi connectivity index (χ2v) is 6.61. The molecule has 1 amide bonds. The van der Waals surface area contributed by atoms with E-state index in [0.717, 1.165) is 20.7 Å². The molecular weight excluding hydrogens is 364 g/mol. The van der Waals surface area contributed by atoms with Crippen molar-refractivity contribution in [3.8, 4) is 0 Å². The van der Waals surface area contributed by atoms with E-state index in [0.29, 0.717) is 0 Å². The van der Waals surface area contributed by atoms with Gasteiger partial charge in [-0.25, -0.2) is 0 Å². The molecule has 3 nitrogen and oxygen atoms in total. The predicted molar refractivity (Wildman–Crippen MR) is 94.0 cm³/mol. The summed E-state index contributed by atoms with van der Waals surface area (Å²) in [6.07, 6.45) is 0. The number of amides is 1. The average molecular weight is 383 g/mol. The molecule has 0 aliphatic rings. The van der Waals surface area contributed by atoms with Crippen molar-refractivity contribution in [2.24, 2.45) is 0 Å². The number of nitrogens with one attached hydrogen (secondary N) is 1. The Morgan fingerprint density at radius 2 is 1.77 bits per heavy atom. The first kappa shape index (κ1) is 17.0. The van der Waals surface area contributed by atoms with Crippen LogP contribution in [0.5, 0.6) is 0 Å². The van der Waals surface area contributed by atoms with Crippen LogP contribution in [0, 0.1) is 0 Å². The number of hydrogen-bond donors (Lipinski definition) is 2. The molecule has 2 atom stereocenters. The molecule has 0 radical (unpaired) electrons. The van der Waals surface area contributed by atoms with E-state index in [9.17, 15) is 4.79 Å².